The van der Waals surface area contributed by atoms with Crippen LogP contribution >= 0.6 is 0 Å². The number of aromatic nitrogens is 4. The highest BCUT2D eigenvalue weighted by atomic mass is 19.4. The fourth-order valence-corrected chi connectivity index (χ4v) is 6.82. The van der Waals surface area contributed by atoms with Gasteiger partial charge in [0.15, 0.2) is 0 Å². The summed E-state index contributed by atoms with van der Waals surface area (Å²) >= 11 is 0. The average Bonchev–Trinajstić information content (AvgIpc) is 3.72. The van der Waals surface area contributed by atoms with E-state index in [4.69, 9.17) is 4.74 Å². The van der Waals surface area contributed by atoms with E-state index in [0.29, 0.717) is 56.2 Å². The standard InChI is InChI=1S/C33H39F6N7O3/c1-5-26-13-28(19-46(26)31(48)44(3)27-8-6-21(7-9-27)29(47)49-4)45(30-40-14-22(15-41-30)23-16-42-43(2)18-23)17-20-10-24(32(34,35)36)12-25(11-20)33(37,38)39/h10-12,14-16,18,21,26-28H,5-9,13,17,19H2,1-4H3/t21?,26-,27?,28+/m1/s1. The average molecular weight is 696 g/mol. The van der Waals surface area contributed by atoms with Crippen molar-refractivity contribution in [1.82, 2.24) is 29.5 Å². The second-order valence-corrected chi connectivity index (χ2v) is 12.7. The van der Waals surface area contributed by atoms with E-state index in [1.165, 1.54) is 19.5 Å². The van der Waals surface area contributed by atoms with Crippen molar-refractivity contribution in [3.8, 4) is 11.1 Å². The number of carbonyl (C=O) groups is 2. The maximum Gasteiger partial charge on any atom is 0.416 e. The van der Waals surface area contributed by atoms with Crippen molar-refractivity contribution in [2.24, 2.45) is 13.0 Å². The number of alkyl halides is 6. The van der Waals surface area contributed by atoms with Crippen LogP contribution in [-0.4, -0.2) is 80.4 Å². The maximum absolute atomic E-state index is 13.9. The SMILES string of the molecule is CC[C@@H]1C[C@H](N(Cc2cc(C(F)(F)F)cc(C(F)(F)F)c2)c2ncc(-c3cnn(C)c3)cn2)CN1C(=O)N(C)C1CCC(C(=O)OC)CC1. The molecule has 2 aromatic heterocycles. The van der Waals surface area contributed by atoms with Gasteiger partial charge in [-0.2, -0.15) is 31.4 Å². The Labute approximate surface area is 280 Å². The molecule has 1 saturated heterocycles. The van der Waals surface area contributed by atoms with Crippen LogP contribution in [-0.2, 0) is 35.5 Å². The largest absolute Gasteiger partial charge is 0.469 e. The van der Waals surface area contributed by atoms with E-state index in [0.717, 1.165) is 5.56 Å². The Hall–Kier alpha value is -4.37. The minimum Gasteiger partial charge on any atom is -0.469 e. The van der Waals surface area contributed by atoms with Gasteiger partial charge in [0.05, 0.1) is 36.4 Å². The highest BCUT2D eigenvalue weighted by Crippen LogP contribution is 2.38. The number of amides is 2. The molecule has 5 rings (SSSR count). The number of esters is 1. The van der Waals surface area contributed by atoms with Crippen molar-refractivity contribution in [1.29, 1.82) is 0 Å². The number of aryl methyl sites for hydroxylation is 1. The Morgan fingerprint density at radius 2 is 1.53 bits per heavy atom. The molecule has 2 atom stereocenters. The van der Waals surface area contributed by atoms with Gasteiger partial charge in [-0.3, -0.25) is 9.48 Å². The van der Waals surface area contributed by atoms with E-state index in [-0.39, 0.29) is 60.7 Å². The quantitative estimate of drug-likeness (QED) is 0.195. The third kappa shape index (κ3) is 8.10. The van der Waals surface area contributed by atoms with Crippen LogP contribution in [0.25, 0.3) is 11.1 Å². The fourth-order valence-electron chi connectivity index (χ4n) is 6.82. The van der Waals surface area contributed by atoms with Gasteiger partial charge in [0.2, 0.25) is 5.95 Å². The van der Waals surface area contributed by atoms with E-state index >= 15 is 0 Å². The molecule has 10 nitrogen and oxygen atoms in total. The number of anilines is 1. The summed E-state index contributed by atoms with van der Waals surface area (Å²) in [6.07, 6.45) is -0.221. The summed E-state index contributed by atoms with van der Waals surface area (Å²) in [5.41, 5.74) is -1.71. The number of benzene rings is 1. The topological polar surface area (TPSA) is 96.7 Å². The normalized spacial score (nSPS) is 21.5. The van der Waals surface area contributed by atoms with Gasteiger partial charge in [0, 0.05) is 69.0 Å². The van der Waals surface area contributed by atoms with Crippen LogP contribution < -0.4 is 4.90 Å². The van der Waals surface area contributed by atoms with Crippen molar-refractivity contribution in [2.75, 3.05) is 25.6 Å². The predicted octanol–water partition coefficient (Wildman–Crippen LogP) is 6.56. The maximum atomic E-state index is 13.9. The zero-order valence-corrected chi connectivity index (χ0v) is 27.6. The van der Waals surface area contributed by atoms with E-state index in [9.17, 15) is 35.9 Å². The first-order valence-electron chi connectivity index (χ1n) is 16.1. The molecule has 3 heterocycles. The number of carbonyl (C=O) groups excluding carboxylic acids is 2. The van der Waals surface area contributed by atoms with Gasteiger partial charge in [-0.15, -0.1) is 0 Å². The fraction of sp³-hybridized carbons (Fsp3) is 0.545. The summed E-state index contributed by atoms with van der Waals surface area (Å²) in [6, 6.07) is 0.406. The number of likely N-dealkylation sites (tertiary alicyclic amines) is 1. The molecule has 16 heteroatoms. The zero-order valence-electron chi connectivity index (χ0n) is 27.6. The number of ether oxygens (including phenoxy) is 1. The molecule has 1 aliphatic carbocycles. The van der Waals surface area contributed by atoms with Crippen molar-refractivity contribution >= 4 is 17.9 Å². The Balaban J connectivity index is 1.44. The van der Waals surface area contributed by atoms with Crippen molar-refractivity contribution in [3.63, 3.8) is 0 Å². The number of hydrogen-bond acceptors (Lipinski definition) is 7. The van der Waals surface area contributed by atoms with Gasteiger partial charge in [0.25, 0.3) is 0 Å². The van der Waals surface area contributed by atoms with Gasteiger partial charge >= 0.3 is 24.4 Å². The summed E-state index contributed by atoms with van der Waals surface area (Å²) in [6.45, 7) is 1.70. The number of methoxy groups -OCH3 is 1. The molecule has 0 unspecified atom stereocenters. The third-order valence-corrected chi connectivity index (χ3v) is 9.56. The monoisotopic (exact) mass is 695 g/mol. The van der Waals surface area contributed by atoms with Crippen LogP contribution in [0, 0.1) is 5.92 Å². The van der Waals surface area contributed by atoms with Gasteiger partial charge in [-0.1, -0.05) is 6.92 Å². The molecule has 2 amide bonds. The molecule has 0 radical (unpaired) electrons. The van der Waals surface area contributed by atoms with Crippen molar-refractivity contribution in [2.45, 2.75) is 82.5 Å². The molecule has 2 fully saturated rings. The van der Waals surface area contributed by atoms with Gasteiger partial charge in [0.1, 0.15) is 0 Å². The van der Waals surface area contributed by atoms with Crippen molar-refractivity contribution < 1.29 is 40.7 Å². The summed E-state index contributed by atoms with van der Waals surface area (Å²) < 4.78 is 89.1. The van der Waals surface area contributed by atoms with Gasteiger partial charge in [-0.05, 0) is 62.3 Å². The van der Waals surface area contributed by atoms with Crippen LogP contribution in [0.1, 0.15) is 62.1 Å². The number of halogens is 6. The molecule has 2 aliphatic rings. The number of rotatable bonds is 8. The van der Waals surface area contributed by atoms with E-state index in [2.05, 4.69) is 15.1 Å². The van der Waals surface area contributed by atoms with E-state index in [1.54, 1.807) is 45.9 Å². The second kappa shape index (κ2) is 14.2. The van der Waals surface area contributed by atoms with E-state index in [1.807, 2.05) is 6.92 Å². The van der Waals surface area contributed by atoms with Crippen LogP contribution in [0.15, 0.2) is 43.0 Å². The minimum atomic E-state index is -5.01. The highest BCUT2D eigenvalue weighted by Gasteiger charge is 2.42. The molecular weight excluding hydrogens is 656 g/mol. The van der Waals surface area contributed by atoms with Crippen LogP contribution in [0.3, 0.4) is 0 Å². The number of urea groups is 1. The Kier molecular flexibility index (Phi) is 10.4. The molecule has 1 aliphatic heterocycles. The van der Waals surface area contributed by atoms with E-state index < -0.39 is 29.5 Å². The molecule has 0 spiro atoms. The first kappa shape index (κ1) is 35.9. The van der Waals surface area contributed by atoms with Gasteiger partial charge in [-0.25, -0.2) is 14.8 Å². The van der Waals surface area contributed by atoms with Gasteiger partial charge < -0.3 is 19.4 Å². The lowest BCUT2D eigenvalue weighted by atomic mass is 9.85. The number of hydrogen-bond donors (Lipinski definition) is 0. The second-order valence-electron chi connectivity index (χ2n) is 12.7. The summed E-state index contributed by atoms with van der Waals surface area (Å²) in [4.78, 5) is 39.9. The lowest BCUT2D eigenvalue weighted by molar-refractivity contribution is -0.147. The Bertz CT molecular complexity index is 1590. The van der Waals surface area contributed by atoms with Crippen LogP contribution in [0.2, 0.25) is 0 Å². The van der Waals surface area contributed by atoms with Crippen molar-refractivity contribution in [3.05, 3.63) is 59.7 Å². The lowest BCUT2D eigenvalue weighted by Gasteiger charge is -2.37. The summed E-state index contributed by atoms with van der Waals surface area (Å²) in [5.74, 6) is -0.377. The predicted molar refractivity (Wildman–Crippen MR) is 167 cm³/mol. The lowest BCUT2D eigenvalue weighted by Crippen LogP contribution is -2.49. The van der Waals surface area contributed by atoms with Crippen LogP contribution in [0.5, 0.6) is 0 Å². The first-order chi connectivity index (χ1) is 23.1. The smallest absolute Gasteiger partial charge is 0.416 e. The zero-order chi connectivity index (χ0) is 35.7. The Morgan fingerprint density at radius 3 is 2.04 bits per heavy atom. The molecule has 0 bridgehead atoms. The number of nitrogens with zero attached hydrogens (tertiary/aromatic N) is 7. The molecule has 1 saturated carbocycles. The minimum absolute atomic E-state index is 0.0993. The summed E-state index contributed by atoms with van der Waals surface area (Å²) in [5, 5.41) is 4.14. The third-order valence-electron chi connectivity index (χ3n) is 9.56. The molecule has 49 heavy (non-hydrogen) atoms. The molecule has 1 aromatic carbocycles. The molecule has 266 valence electrons. The highest BCUT2D eigenvalue weighted by molar-refractivity contribution is 5.76. The molecule has 3 aromatic rings. The Morgan fingerprint density at radius 1 is 0.918 bits per heavy atom. The molecule has 0 N–H and O–H groups in total. The summed E-state index contributed by atoms with van der Waals surface area (Å²) in [7, 11) is 4.81. The first-order valence-corrected chi connectivity index (χ1v) is 16.1. The molecular formula is C33H39F6N7O3. The van der Waals surface area contributed by atoms with Crippen LogP contribution in [0.4, 0.5) is 37.1 Å².